The lowest BCUT2D eigenvalue weighted by Crippen LogP contribution is -2.45. The molecule has 1 aromatic carbocycles. The van der Waals surface area contributed by atoms with Crippen LogP contribution in [0.1, 0.15) is 5.69 Å². The van der Waals surface area contributed by atoms with Crippen molar-refractivity contribution in [3.8, 4) is 16.6 Å². The number of hydrogen-bond acceptors (Lipinski definition) is 7. The quantitative estimate of drug-likeness (QED) is 0.723. The molecule has 6 nitrogen and oxygen atoms in total. The van der Waals surface area contributed by atoms with Crippen LogP contribution in [0.2, 0.25) is 0 Å². The molecule has 0 amide bonds. The number of piperazine rings is 1. The molecule has 0 atom stereocenters. The molecule has 7 heteroatoms. The maximum atomic E-state index is 9.22. The minimum Gasteiger partial charge on any atom is -0.338 e. The van der Waals surface area contributed by atoms with Crippen molar-refractivity contribution in [1.29, 1.82) is 5.26 Å². The summed E-state index contributed by atoms with van der Waals surface area (Å²) in [7, 11) is 2.12. The number of anilines is 1. The molecular weight excluding hydrogens is 332 g/mol. The second-order valence-electron chi connectivity index (χ2n) is 6.14. The van der Waals surface area contributed by atoms with Gasteiger partial charge >= 0.3 is 0 Å². The molecule has 126 valence electrons. The highest BCUT2D eigenvalue weighted by Gasteiger charge is 2.19. The van der Waals surface area contributed by atoms with Crippen molar-refractivity contribution in [2.75, 3.05) is 38.1 Å². The molecule has 0 radical (unpaired) electrons. The topological polar surface area (TPSA) is 68.9 Å². The normalized spacial score (nSPS) is 15.4. The van der Waals surface area contributed by atoms with Crippen LogP contribution < -0.4 is 4.90 Å². The molecule has 0 bridgehead atoms. The zero-order chi connectivity index (χ0) is 17.2. The third kappa shape index (κ3) is 3.18. The van der Waals surface area contributed by atoms with Crippen LogP contribution in [0.15, 0.2) is 30.5 Å². The van der Waals surface area contributed by atoms with Gasteiger partial charge in [0.1, 0.15) is 5.01 Å². The van der Waals surface area contributed by atoms with E-state index in [1.54, 1.807) is 11.3 Å². The van der Waals surface area contributed by atoms with Gasteiger partial charge in [-0.2, -0.15) is 5.26 Å². The van der Waals surface area contributed by atoms with Crippen molar-refractivity contribution >= 4 is 27.5 Å². The molecule has 0 spiro atoms. The Balaban J connectivity index is 1.71. The van der Waals surface area contributed by atoms with Crippen LogP contribution in [0, 0.1) is 11.3 Å². The Bertz CT molecular complexity index is 903. The summed E-state index contributed by atoms with van der Waals surface area (Å²) < 4.78 is 1.13. The number of thiazole rings is 1. The smallest absolute Gasteiger partial charge is 0.225 e. The Kier molecular flexibility index (Phi) is 4.30. The van der Waals surface area contributed by atoms with Gasteiger partial charge < -0.3 is 9.80 Å². The lowest BCUT2D eigenvalue weighted by molar-refractivity contribution is 0.311. The van der Waals surface area contributed by atoms with Crippen LogP contribution in [0.5, 0.6) is 0 Å². The van der Waals surface area contributed by atoms with Gasteiger partial charge in [0.25, 0.3) is 0 Å². The predicted octanol–water partition coefficient (Wildman–Crippen LogP) is 2.57. The highest BCUT2D eigenvalue weighted by molar-refractivity contribution is 7.21. The molecule has 3 heterocycles. The number of hydrogen-bond donors (Lipinski definition) is 0. The Morgan fingerprint density at radius 2 is 1.96 bits per heavy atom. The molecule has 0 N–H and O–H groups in total. The van der Waals surface area contributed by atoms with E-state index >= 15 is 0 Å². The maximum absolute atomic E-state index is 9.22. The minimum atomic E-state index is 0.258. The third-order valence-electron chi connectivity index (χ3n) is 4.41. The molecule has 0 saturated carbocycles. The number of nitriles is 1. The van der Waals surface area contributed by atoms with E-state index in [4.69, 9.17) is 4.98 Å². The Labute approximate surface area is 150 Å². The highest BCUT2D eigenvalue weighted by Crippen LogP contribution is 2.32. The number of fused-ring (bicyclic) bond motifs is 1. The van der Waals surface area contributed by atoms with E-state index in [0.717, 1.165) is 52.7 Å². The summed E-state index contributed by atoms with van der Waals surface area (Å²) in [5.41, 5.74) is 2.58. The lowest BCUT2D eigenvalue weighted by Gasteiger charge is -2.32. The van der Waals surface area contributed by atoms with Crippen LogP contribution in [-0.2, 0) is 6.42 Å². The zero-order valence-corrected chi connectivity index (χ0v) is 14.8. The van der Waals surface area contributed by atoms with Gasteiger partial charge in [0.15, 0.2) is 0 Å². The molecule has 1 aliphatic heterocycles. The van der Waals surface area contributed by atoms with Crippen molar-refractivity contribution in [3.63, 3.8) is 0 Å². The van der Waals surface area contributed by atoms with Crippen LogP contribution >= 0.6 is 11.3 Å². The monoisotopic (exact) mass is 350 g/mol. The first-order valence-corrected chi connectivity index (χ1v) is 9.08. The van der Waals surface area contributed by atoms with E-state index in [0.29, 0.717) is 5.95 Å². The summed E-state index contributed by atoms with van der Waals surface area (Å²) in [5.74, 6) is 0.711. The molecule has 0 unspecified atom stereocenters. The van der Waals surface area contributed by atoms with Crippen molar-refractivity contribution in [2.24, 2.45) is 0 Å². The second kappa shape index (κ2) is 6.75. The number of para-hydroxylation sites is 1. The summed E-state index contributed by atoms with van der Waals surface area (Å²) in [6, 6.07) is 10.3. The summed E-state index contributed by atoms with van der Waals surface area (Å²) in [4.78, 5) is 18.4. The number of likely N-dealkylation sites (N-methyl/N-ethyl adjacent to an activating group) is 1. The largest absolute Gasteiger partial charge is 0.338 e. The summed E-state index contributed by atoms with van der Waals surface area (Å²) in [6.45, 7) is 3.80. The number of nitrogens with zero attached hydrogens (tertiary/aromatic N) is 6. The average molecular weight is 350 g/mol. The van der Waals surface area contributed by atoms with Crippen LogP contribution in [-0.4, -0.2) is 53.1 Å². The third-order valence-corrected chi connectivity index (χ3v) is 5.48. The lowest BCUT2D eigenvalue weighted by atomic mass is 10.2. The van der Waals surface area contributed by atoms with Gasteiger partial charge in [-0.05, 0) is 19.2 Å². The van der Waals surface area contributed by atoms with Gasteiger partial charge in [-0.1, -0.05) is 12.1 Å². The fourth-order valence-corrected chi connectivity index (χ4v) is 3.94. The van der Waals surface area contributed by atoms with Gasteiger partial charge in [0.2, 0.25) is 5.95 Å². The SMILES string of the molecule is CN1CCN(c2ncc(-c3nc4ccccc4s3)c(CC#N)n2)CC1. The van der Waals surface area contributed by atoms with E-state index < -0.39 is 0 Å². The molecule has 0 aliphatic carbocycles. The zero-order valence-electron chi connectivity index (χ0n) is 14.0. The highest BCUT2D eigenvalue weighted by atomic mass is 32.1. The van der Waals surface area contributed by atoms with Gasteiger partial charge in [-0.3, -0.25) is 0 Å². The molecule has 25 heavy (non-hydrogen) atoms. The Morgan fingerprint density at radius 1 is 1.16 bits per heavy atom. The first kappa shape index (κ1) is 15.9. The molecule has 4 rings (SSSR count). The first-order valence-electron chi connectivity index (χ1n) is 8.27. The maximum Gasteiger partial charge on any atom is 0.225 e. The standard InChI is InChI=1S/C18H18N6S/c1-23-8-10-24(11-9-23)18-20-12-13(14(22-18)6-7-19)17-21-15-4-2-3-5-16(15)25-17/h2-5,12H,6,8-11H2,1H3. The van der Waals surface area contributed by atoms with Crippen molar-refractivity contribution in [2.45, 2.75) is 6.42 Å². The molecular formula is C18H18N6S. The van der Waals surface area contributed by atoms with Crippen molar-refractivity contribution in [3.05, 3.63) is 36.2 Å². The number of benzene rings is 1. The fourth-order valence-electron chi connectivity index (χ4n) is 2.94. The van der Waals surface area contributed by atoms with E-state index in [9.17, 15) is 5.26 Å². The molecule has 1 aliphatic rings. The minimum absolute atomic E-state index is 0.258. The number of rotatable bonds is 3. The van der Waals surface area contributed by atoms with Crippen molar-refractivity contribution < 1.29 is 0 Å². The van der Waals surface area contributed by atoms with Crippen LogP contribution in [0.4, 0.5) is 5.95 Å². The van der Waals surface area contributed by atoms with Gasteiger partial charge in [0.05, 0.1) is 34.0 Å². The van der Waals surface area contributed by atoms with Crippen LogP contribution in [0.25, 0.3) is 20.8 Å². The Hall–Kier alpha value is -2.56. The first-order chi connectivity index (χ1) is 12.2. The van der Waals surface area contributed by atoms with Crippen LogP contribution in [0.3, 0.4) is 0 Å². The second-order valence-corrected chi connectivity index (χ2v) is 7.17. The summed E-state index contributed by atoms with van der Waals surface area (Å²) >= 11 is 1.61. The van der Waals surface area contributed by atoms with Gasteiger partial charge in [-0.15, -0.1) is 11.3 Å². The average Bonchev–Trinajstić information content (AvgIpc) is 3.06. The predicted molar refractivity (Wildman–Crippen MR) is 99.7 cm³/mol. The molecule has 1 saturated heterocycles. The van der Waals surface area contributed by atoms with Gasteiger partial charge in [-0.25, -0.2) is 15.0 Å². The van der Waals surface area contributed by atoms with E-state index in [1.165, 1.54) is 0 Å². The number of aromatic nitrogens is 3. The fraction of sp³-hybridized carbons (Fsp3) is 0.333. The van der Waals surface area contributed by atoms with E-state index in [2.05, 4.69) is 39.0 Å². The van der Waals surface area contributed by atoms with E-state index in [-0.39, 0.29) is 6.42 Å². The Morgan fingerprint density at radius 3 is 2.72 bits per heavy atom. The molecule has 3 aromatic rings. The van der Waals surface area contributed by atoms with Gasteiger partial charge in [0, 0.05) is 32.4 Å². The summed E-state index contributed by atoms with van der Waals surface area (Å²) in [6.07, 6.45) is 2.08. The van der Waals surface area contributed by atoms with Crippen molar-refractivity contribution in [1.82, 2.24) is 19.9 Å². The molecule has 1 fully saturated rings. The van der Waals surface area contributed by atoms with E-state index in [1.807, 2.05) is 24.4 Å². The summed E-state index contributed by atoms with van der Waals surface area (Å²) in [5, 5.41) is 10.1. The molecule has 2 aromatic heterocycles.